The summed E-state index contributed by atoms with van der Waals surface area (Å²) in [6.07, 6.45) is 0.746. The zero-order valence-corrected chi connectivity index (χ0v) is 18.3. The first kappa shape index (κ1) is 24.6. The number of hydrogen-bond acceptors (Lipinski definition) is 6. The van der Waals surface area contributed by atoms with E-state index in [1.165, 1.54) is 16.4 Å². The third kappa shape index (κ3) is 5.57. The molecule has 10 heteroatoms. The average molecular weight is 435 g/mol. The second-order valence-electron chi connectivity index (χ2n) is 6.52. The van der Waals surface area contributed by atoms with Crippen molar-refractivity contribution < 1.29 is 17.9 Å². The van der Waals surface area contributed by atoms with Crippen LogP contribution in [0.25, 0.3) is 0 Å². The number of benzene rings is 1. The number of carbonyl (C=O) groups excluding carboxylic acids is 1. The SMILES string of the molecule is CCN(CC)S(=O)(=O)c1ccc(NCCOC)c(C(=O)N2CC[C@@H](N)C2)c1.Cl. The summed E-state index contributed by atoms with van der Waals surface area (Å²) in [5.41, 5.74) is 6.86. The molecule has 1 saturated heterocycles. The van der Waals surface area contributed by atoms with Crippen molar-refractivity contribution in [2.24, 2.45) is 5.73 Å². The summed E-state index contributed by atoms with van der Waals surface area (Å²) in [4.78, 5) is 14.8. The van der Waals surface area contributed by atoms with Gasteiger partial charge in [-0.1, -0.05) is 13.8 Å². The fourth-order valence-electron chi connectivity index (χ4n) is 3.16. The number of nitrogens with two attached hydrogens (primary N) is 1. The average Bonchev–Trinajstić information content (AvgIpc) is 3.08. The van der Waals surface area contributed by atoms with Crippen LogP contribution in [-0.4, -0.2) is 76.0 Å². The zero-order valence-electron chi connectivity index (χ0n) is 16.7. The topological polar surface area (TPSA) is 105 Å². The molecule has 1 aliphatic rings. The van der Waals surface area contributed by atoms with E-state index >= 15 is 0 Å². The third-order valence-corrected chi connectivity index (χ3v) is 6.74. The van der Waals surface area contributed by atoms with E-state index in [4.69, 9.17) is 10.5 Å². The number of ether oxygens (including phenoxy) is 1. The molecule has 1 fully saturated rings. The first-order valence-electron chi connectivity index (χ1n) is 9.27. The number of sulfonamides is 1. The van der Waals surface area contributed by atoms with Crippen LogP contribution < -0.4 is 11.1 Å². The molecule has 1 heterocycles. The molecule has 0 bridgehead atoms. The number of carbonyl (C=O) groups is 1. The normalized spacial score (nSPS) is 16.9. The number of amides is 1. The zero-order chi connectivity index (χ0) is 20.0. The maximum atomic E-state index is 13.0. The fraction of sp³-hybridized carbons (Fsp3) is 0.611. The highest BCUT2D eigenvalue weighted by Crippen LogP contribution is 2.25. The summed E-state index contributed by atoms with van der Waals surface area (Å²) in [5, 5.41) is 3.15. The highest BCUT2D eigenvalue weighted by Gasteiger charge is 2.29. The Kier molecular flexibility index (Phi) is 9.65. The molecule has 1 aliphatic heterocycles. The fourth-order valence-corrected chi connectivity index (χ4v) is 4.64. The number of halogens is 1. The van der Waals surface area contributed by atoms with Gasteiger partial charge in [-0.2, -0.15) is 4.31 Å². The maximum Gasteiger partial charge on any atom is 0.256 e. The molecule has 1 aromatic carbocycles. The molecule has 160 valence electrons. The van der Waals surface area contributed by atoms with Gasteiger partial charge in [0.15, 0.2) is 0 Å². The van der Waals surface area contributed by atoms with Crippen molar-refractivity contribution in [3.63, 3.8) is 0 Å². The van der Waals surface area contributed by atoms with Crippen LogP contribution in [0.2, 0.25) is 0 Å². The number of rotatable bonds is 9. The van der Waals surface area contributed by atoms with Crippen LogP contribution in [0.1, 0.15) is 30.6 Å². The minimum atomic E-state index is -3.65. The monoisotopic (exact) mass is 434 g/mol. The minimum Gasteiger partial charge on any atom is -0.383 e. The van der Waals surface area contributed by atoms with Gasteiger partial charge in [0.05, 0.1) is 17.1 Å². The van der Waals surface area contributed by atoms with E-state index in [0.717, 1.165) is 6.42 Å². The number of hydrogen-bond donors (Lipinski definition) is 2. The Morgan fingerprint density at radius 2 is 2.04 bits per heavy atom. The number of anilines is 1. The summed E-state index contributed by atoms with van der Waals surface area (Å²) in [6, 6.07) is 4.61. The van der Waals surface area contributed by atoms with Crippen molar-refractivity contribution in [2.45, 2.75) is 31.2 Å². The lowest BCUT2D eigenvalue weighted by Gasteiger charge is -2.22. The summed E-state index contributed by atoms with van der Waals surface area (Å²) < 4.78 is 32.1. The van der Waals surface area contributed by atoms with Crippen LogP contribution in [0, 0.1) is 0 Å². The Bertz CT molecular complexity index is 756. The Labute approximate surface area is 173 Å². The second-order valence-corrected chi connectivity index (χ2v) is 8.45. The maximum absolute atomic E-state index is 13.0. The number of nitrogens with one attached hydrogen (secondary N) is 1. The number of methoxy groups -OCH3 is 1. The van der Waals surface area contributed by atoms with E-state index in [-0.39, 0.29) is 29.3 Å². The predicted octanol–water partition coefficient (Wildman–Crippen LogP) is 1.37. The molecule has 8 nitrogen and oxygen atoms in total. The van der Waals surface area contributed by atoms with Gasteiger partial charge in [-0.3, -0.25) is 4.79 Å². The molecule has 0 radical (unpaired) electrons. The lowest BCUT2D eigenvalue weighted by molar-refractivity contribution is 0.0791. The Morgan fingerprint density at radius 1 is 1.36 bits per heavy atom. The number of nitrogens with zero attached hydrogens (tertiary/aromatic N) is 2. The first-order valence-corrected chi connectivity index (χ1v) is 10.7. The molecule has 0 aromatic heterocycles. The second kappa shape index (κ2) is 11.0. The van der Waals surface area contributed by atoms with Crippen LogP contribution in [0.15, 0.2) is 23.1 Å². The third-order valence-electron chi connectivity index (χ3n) is 4.70. The van der Waals surface area contributed by atoms with Crippen LogP contribution in [0.5, 0.6) is 0 Å². The van der Waals surface area contributed by atoms with Crippen molar-refractivity contribution in [2.75, 3.05) is 51.8 Å². The smallest absolute Gasteiger partial charge is 0.256 e. The van der Waals surface area contributed by atoms with E-state index in [0.29, 0.717) is 50.6 Å². The molecule has 0 saturated carbocycles. The minimum absolute atomic E-state index is 0. The van der Waals surface area contributed by atoms with Gasteiger partial charge in [0.25, 0.3) is 5.91 Å². The lowest BCUT2D eigenvalue weighted by Crippen LogP contribution is -2.33. The number of likely N-dealkylation sites (tertiary alicyclic amines) is 1. The summed E-state index contributed by atoms with van der Waals surface area (Å²) in [6.45, 7) is 6.36. The molecule has 0 unspecified atom stereocenters. The summed E-state index contributed by atoms with van der Waals surface area (Å²) >= 11 is 0. The molecule has 3 N–H and O–H groups in total. The Hall–Kier alpha value is -1.39. The van der Waals surface area contributed by atoms with Crippen molar-refractivity contribution in [1.29, 1.82) is 0 Å². The lowest BCUT2D eigenvalue weighted by atomic mass is 10.1. The predicted molar refractivity (Wildman–Crippen MR) is 113 cm³/mol. The quantitative estimate of drug-likeness (QED) is 0.569. The van der Waals surface area contributed by atoms with Gasteiger partial charge in [-0.15, -0.1) is 12.4 Å². The molecular weight excluding hydrogens is 404 g/mol. The molecule has 1 aromatic rings. The van der Waals surface area contributed by atoms with Crippen molar-refractivity contribution >= 4 is 34.0 Å². The van der Waals surface area contributed by atoms with Gasteiger partial charge in [-0.25, -0.2) is 8.42 Å². The van der Waals surface area contributed by atoms with Gasteiger partial charge in [0.1, 0.15) is 0 Å². The van der Waals surface area contributed by atoms with Gasteiger partial charge < -0.3 is 20.7 Å². The van der Waals surface area contributed by atoms with Crippen LogP contribution >= 0.6 is 12.4 Å². The first-order chi connectivity index (χ1) is 12.8. The molecular formula is C18H31ClN4O4S. The van der Waals surface area contributed by atoms with Crippen molar-refractivity contribution in [1.82, 2.24) is 9.21 Å². The molecule has 2 rings (SSSR count). The van der Waals surface area contributed by atoms with Crippen LogP contribution in [-0.2, 0) is 14.8 Å². The van der Waals surface area contributed by atoms with Crippen LogP contribution in [0.3, 0.4) is 0 Å². The van der Waals surface area contributed by atoms with Crippen LogP contribution in [0.4, 0.5) is 5.69 Å². The highest BCUT2D eigenvalue weighted by atomic mass is 35.5. The van der Waals surface area contributed by atoms with E-state index in [9.17, 15) is 13.2 Å². The van der Waals surface area contributed by atoms with Gasteiger partial charge in [-0.05, 0) is 24.6 Å². The summed E-state index contributed by atoms with van der Waals surface area (Å²) in [5.74, 6) is -0.209. The van der Waals surface area contributed by atoms with E-state index in [1.54, 1.807) is 31.9 Å². The summed E-state index contributed by atoms with van der Waals surface area (Å²) in [7, 11) is -2.05. The molecule has 28 heavy (non-hydrogen) atoms. The van der Waals surface area contributed by atoms with Gasteiger partial charge >= 0.3 is 0 Å². The van der Waals surface area contributed by atoms with E-state index in [1.807, 2.05) is 0 Å². The standard InChI is InChI=1S/C18H30N4O4S.ClH/c1-4-22(5-2)27(24,25)15-6-7-17(20-9-11-26-3)16(12-15)18(23)21-10-8-14(19)13-21;/h6-7,12,14,20H,4-5,8-11,13,19H2,1-3H3;1H/t14-;/m1./s1. The Morgan fingerprint density at radius 3 is 2.57 bits per heavy atom. The van der Waals surface area contributed by atoms with E-state index in [2.05, 4.69) is 5.32 Å². The highest BCUT2D eigenvalue weighted by molar-refractivity contribution is 7.89. The molecule has 0 spiro atoms. The molecule has 1 atom stereocenters. The molecule has 0 aliphatic carbocycles. The van der Waals surface area contributed by atoms with Crippen molar-refractivity contribution in [3.05, 3.63) is 23.8 Å². The largest absolute Gasteiger partial charge is 0.383 e. The molecule has 1 amide bonds. The van der Waals surface area contributed by atoms with Gasteiger partial charge in [0, 0.05) is 51.6 Å². The Balaban J connectivity index is 0.00000392. The van der Waals surface area contributed by atoms with E-state index < -0.39 is 10.0 Å². The van der Waals surface area contributed by atoms with Crippen molar-refractivity contribution in [3.8, 4) is 0 Å². The van der Waals surface area contributed by atoms with Gasteiger partial charge in [0.2, 0.25) is 10.0 Å².